The van der Waals surface area contributed by atoms with Gasteiger partial charge in [-0.15, -0.1) is 0 Å². The van der Waals surface area contributed by atoms with E-state index < -0.39 is 0 Å². The van der Waals surface area contributed by atoms with Gasteiger partial charge in [-0.2, -0.15) is 15.0 Å². The van der Waals surface area contributed by atoms with Crippen molar-refractivity contribution in [2.45, 2.75) is 51.9 Å². The van der Waals surface area contributed by atoms with Crippen molar-refractivity contribution in [1.29, 1.82) is 0 Å². The van der Waals surface area contributed by atoms with Gasteiger partial charge in [-0.3, -0.25) is 0 Å². The number of rotatable bonds is 4. The van der Waals surface area contributed by atoms with Gasteiger partial charge in [-0.1, -0.05) is 0 Å². The van der Waals surface area contributed by atoms with Crippen molar-refractivity contribution in [3.05, 3.63) is 0 Å². The lowest BCUT2D eigenvalue weighted by molar-refractivity contribution is 0.105. The molecule has 2 unspecified atom stereocenters. The summed E-state index contributed by atoms with van der Waals surface area (Å²) in [6.45, 7) is 8.63. The average Bonchev–Trinajstić information content (AvgIpc) is 2.56. The monoisotopic (exact) mass is 267 g/mol. The molecule has 0 spiro atoms. The molecule has 1 fully saturated rings. The van der Waals surface area contributed by atoms with Crippen LogP contribution < -0.4 is 15.8 Å². The number of anilines is 2. The van der Waals surface area contributed by atoms with Gasteiger partial charge in [0.25, 0.3) is 0 Å². The molecule has 7 heteroatoms. The number of hydrogen-bond acceptors (Lipinski definition) is 7. The molecule has 1 aliphatic rings. The predicted molar refractivity (Wildman–Crippen MR) is 72.1 cm³/mol. The summed E-state index contributed by atoms with van der Waals surface area (Å²) in [5.41, 5.74) is 5.47. The molecular weight excluding hydrogens is 246 g/mol. The number of nitrogen functional groups attached to an aromatic ring is 1. The van der Waals surface area contributed by atoms with Gasteiger partial charge in [0.05, 0.1) is 17.7 Å². The van der Waals surface area contributed by atoms with E-state index in [1.165, 1.54) is 0 Å². The van der Waals surface area contributed by atoms with Crippen LogP contribution in [0.5, 0.6) is 6.01 Å². The highest BCUT2D eigenvalue weighted by Gasteiger charge is 2.37. The Morgan fingerprint density at radius 3 is 2.74 bits per heavy atom. The van der Waals surface area contributed by atoms with E-state index in [2.05, 4.69) is 27.2 Å². The maximum Gasteiger partial charge on any atom is 0.323 e. The van der Waals surface area contributed by atoms with Crippen molar-refractivity contribution >= 4 is 11.9 Å². The molecule has 0 saturated carbocycles. The number of ether oxygens (including phenoxy) is 2. The highest BCUT2D eigenvalue weighted by Crippen LogP contribution is 2.28. The highest BCUT2D eigenvalue weighted by atomic mass is 16.5. The summed E-state index contributed by atoms with van der Waals surface area (Å²) in [7, 11) is 0. The molecule has 1 aromatic heterocycles. The standard InChI is InChI=1S/C12H21N5O2/c1-7(2)19-11-15-9(13)14-10(16-11)17-12(4)5-6-18-8(12)3/h7-8H,5-6H2,1-4H3,(H3,13,14,15,16,17). The third-order valence-corrected chi connectivity index (χ3v) is 3.26. The Labute approximate surface area is 112 Å². The molecule has 0 bridgehead atoms. The van der Waals surface area contributed by atoms with Crippen LogP contribution in [0.25, 0.3) is 0 Å². The van der Waals surface area contributed by atoms with E-state index in [0.717, 1.165) is 13.0 Å². The summed E-state index contributed by atoms with van der Waals surface area (Å²) in [5, 5.41) is 3.27. The van der Waals surface area contributed by atoms with Crippen molar-refractivity contribution in [3.63, 3.8) is 0 Å². The molecule has 1 aromatic rings. The molecule has 0 amide bonds. The molecule has 0 aliphatic carbocycles. The number of nitrogens with one attached hydrogen (secondary N) is 1. The third kappa shape index (κ3) is 3.23. The van der Waals surface area contributed by atoms with Crippen LogP contribution in [-0.2, 0) is 4.74 Å². The minimum Gasteiger partial charge on any atom is -0.461 e. The second-order valence-electron chi connectivity index (χ2n) is 5.27. The first-order valence-electron chi connectivity index (χ1n) is 6.47. The van der Waals surface area contributed by atoms with Gasteiger partial charge in [0.1, 0.15) is 0 Å². The van der Waals surface area contributed by atoms with E-state index in [1.54, 1.807) is 0 Å². The van der Waals surface area contributed by atoms with Crippen molar-refractivity contribution < 1.29 is 9.47 Å². The van der Waals surface area contributed by atoms with Crippen LogP contribution in [0.4, 0.5) is 11.9 Å². The van der Waals surface area contributed by atoms with Gasteiger partial charge < -0.3 is 20.5 Å². The Balaban J connectivity index is 2.18. The van der Waals surface area contributed by atoms with E-state index >= 15 is 0 Å². The second-order valence-corrected chi connectivity index (χ2v) is 5.27. The smallest absolute Gasteiger partial charge is 0.323 e. The number of nitrogens with zero attached hydrogens (tertiary/aromatic N) is 3. The first kappa shape index (κ1) is 13.8. The van der Waals surface area contributed by atoms with Crippen LogP contribution in [0.2, 0.25) is 0 Å². The highest BCUT2D eigenvalue weighted by molar-refractivity contribution is 5.36. The molecule has 19 heavy (non-hydrogen) atoms. The fraction of sp³-hybridized carbons (Fsp3) is 0.750. The second kappa shape index (κ2) is 5.16. The lowest BCUT2D eigenvalue weighted by Crippen LogP contribution is -2.41. The zero-order chi connectivity index (χ0) is 14.0. The van der Waals surface area contributed by atoms with Gasteiger partial charge in [0, 0.05) is 6.61 Å². The van der Waals surface area contributed by atoms with Gasteiger partial charge in [0.15, 0.2) is 0 Å². The van der Waals surface area contributed by atoms with E-state index in [1.807, 2.05) is 20.8 Å². The average molecular weight is 267 g/mol. The number of aromatic nitrogens is 3. The van der Waals surface area contributed by atoms with Crippen molar-refractivity contribution in [1.82, 2.24) is 15.0 Å². The van der Waals surface area contributed by atoms with E-state index in [9.17, 15) is 0 Å². The fourth-order valence-electron chi connectivity index (χ4n) is 1.95. The molecule has 106 valence electrons. The fourth-order valence-corrected chi connectivity index (χ4v) is 1.95. The molecule has 2 atom stereocenters. The molecule has 1 aliphatic heterocycles. The van der Waals surface area contributed by atoms with Crippen LogP contribution in [0, 0.1) is 0 Å². The van der Waals surface area contributed by atoms with Gasteiger partial charge in [-0.25, -0.2) is 0 Å². The topological polar surface area (TPSA) is 95.2 Å². The van der Waals surface area contributed by atoms with Crippen molar-refractivity contribution in [3.8, 4) is 6.01 Å². The maximum absolute atomic E-state index is 5.67. The van der Waals surface area contributed by atoms with Crippen molar-refractivity contribution in [2.24, 2.45) is 0 Å². The molecule has 7 nitrogen and oxygen atoms in total. The van der Waals surface area contributed by atoms with Gasteiger partial charge >= 0.3 is 6.01 Å². The number of nitrogens with two attached hydrogens (primary N) is 1. The molecule has 3 N–H and O–H groups in total. The molecule has 2 heterocycles. The maximum atomic E-state index is 5.67. The Morgan fingerprint density at radius 2 is 2.16 bits per heavy atom. The Morgan fingerprint density at radius 1 is 1.42 bits per heavy atom. The predicted octanol–water partition coefficient (Wildman–Crippen LogP) is 1.22. The van der Waals surface area contributed by atoms with Crippen LogP contribution in [-0.4, -0.2) is 39.3 Å². The lowest BCUT2D eigenvalue weighted by atomic mass is 9.95. The largest absolute Gasteiger partial charge is 0.461 e. The zero-order valence-corrected chi connectivity index (χ0v) is 11.8. The Bertz CT molecular complexity index is 454. The van der Waals surface area contributed by atoms with Gasteiger partial charge in [0.2, 0.25) is 11.9 Å². The lowest BCUT2D eigenvalue weighted by Gasteiger charge is -2.28. The normalized spacial score (nSPS) is 26.7. The summed E-state index contributed by atoms with van der Waals surface area (Å²) in [6.07, 6.45) is 0.957. The Hall–Kier alpha value is -1.63. The van der Waals surface area contributed by atoms with Crippen LogP contribution in [0.15, 0.2) is 0 Å². The van der Waals surface area contributed by atoms with Crippen LogP contribution in [0.3, 0.4) is 0 Å². The summed E-state index contributed by atoms with van der Waals surface area (Å²) >= 11 is 0. The van der Waals surface area contributed by atoms with Crippen LogP contribution in [0.1, 0.15) is 34.1 Å². The summed E-state index contributed by atoms with van der Waals surface area (Å²) < 4.78 is 11.0. The third-order valence-electron chi connectivity index (χ3n) is 3.26. The summed E-state index contributed by atoms with van der Waals surface area (Å²) in [4.78, 5) is 12.3. The van der Waals surface area contributed by atoms with Crippen molar-refractivity contribution in [2.75, 3.05) is 17.7 Å². The minimum absolute atomic E-state index is 0.0148. The van der Waals surface area contributed by atoms with E-state index in [-0.39, 0.29) is 29.7 Å². The summed E-state index contributed by atoms with van der Waals surface area (Å²) in [6, 6.07) is 0.236. The number of hydrogen-bond donors (Lipinski definition) is 2. The zero-order valence-electron chi connectivity index (χ0n) is 11.8. The quantitative estimate of drug-likeness (QED) is 0.846. The molecule has 2 rings (SSSR count). The molecule has 1 saturated heterocycles. The van der Waals surface area contributed by atoms with E-state index in [4.69, 9.17) is 15.2 Å². The summed E-state index contributed by atoms with van der Waals surface area (Å²) in [5.74, 6) is 0.561. The minimum atomic E-state index is -0.205. The molecule has 0 radical (unpaired) electrons. The molecule has 0 aromatic carbocycles. The SMILES string of the molecule is CC(C)Oc1nc(N)nc(NC2(C)CCOC2C)n1. The first-order valence-corrected chi connectivity index (χ1v) is 6.47. The van der Waals surface area contributed by atoms with E-state index in [0.29, 0.717) is 5.95 Å². The van der Waals surface area contributed by atoms with Crippen LogP contribution >= 0.6 is 0 Å². The molecular formula is C12H21N5O2. The Kier molecular flexibility index (Phi) is 3.75. The first-order chi connectivity index (χ1) is 8.89. The van der Waals surface area contributed by atoms with Gasteiger partial charge in [-0.05, 0) is 34.1 Å².